The van der Waals surface area contributed by atoms with E-state index in [-0.39, 0.29) is 5.82 Å². The molecule has 0 unspecified atom stereocenters. The third kappa shape index (κ3) is 3.69. The van der Waals surface area contributed by atoms with Crippen LogP contribution >= 0.6 is 0 Å². The third-order valence-corrected chi connectivity index (χ3v) is 2.95. The highest BCUT2D eigenvalue weighted by atomic mass is 19.1. The van der Waals surface area contributed by atoms with Gasteiger partial charge in [0.1, 0.15) is 11.6 Å². The van der Waals surface area contributed by atoms with Gasteiger partial charge in [-0.2, -0.15) is 0 Å². The van der Waals surface area contributed by atoms with Gasteiger partial charge in [-0.15, -0.1) is 5.10 Å². The Morgan fingerprint density at radius 3 is 2.75 bits per heavy atom. The SMILES string of the molecule is CCCc1c(N)nnn1CCCOc1ccc(F)cc1. The van der Waals surface area contributed by atoms with Crippen molar-refractivity contribution in [1.29, 1.82) is 0 Å². The zero-order valence-electron chi connectivity index (χ0n) is 11.6. The molecular weight excluding hydrogens is 259 g/mol. The van der Waals surface area contributed by atoms with E-state index in [1.807, 2.05) is 4.68 Å². The lowest BCUT2D eigenvalue weighted by Crippen LogP contribution is -2.09. The van der Waals surface area contributed by atoms with Crippen LogP contribution in [-0.2, 0) is 13.0 Å². The fraction of sp³-hybridized carbons (Fsp3) is 0.429. The molecule has 0 aliphatic heterocycles. The average Bonchev–Trinajstić information content (AvgIpc) is 2.79. The van der Waals surface area contributed by atoms with E-state index in [2.05, 4.69) is 17.2 Å². The summed E-state index contributed by atoms with van der Waals surface area (Å²) in [7, 11) is 0. The molecule has 5 nitrogen and oxygen atoms in total. The van der Waals surface area contributed by atoms with E-state index in [1.165, 1.54) is 12.1 Å². The molecule has 0 fully saturated rings. The van der Waals surface area contributed by atoms with Gasteiger partial charge in [-0.25, -0.2) is 9.07 Å². The Labute approximate surface area is 117 Å². The molecule has 1 aromatic heterocycles. The Bertz CT molecular complexity index is 539. The summed E-state index contributed by atoms with van der Waals surface area (Å²) in [5, 5.41) is 7.92. The summed E-state index contributed by atoms with van der Waals surface area (Å²) in [4.78, 5) is 0. The van der Waals surface area contributed by atoms with Gasteiger partial charge in [0.15, 0.2) is 5.82 Å². The van der Waals surface area contributed by atoms with Crippen molar-refractivity contribution in [3.8, 4) is 5.75 Å². The minimum atomic E-state index is -0.264. The molecule has 0 saturated carbocycles. The first-order chi connectivity index (χ1) is 9.70. The van der Waals surface area contributed by atoms with E-state index in [4.69, 9.17) is 10.5 Å². The lowest BCUT2D eigenvalue weighted by molar-refractivity contribution is 0.296. The van der Waals surface area contributed by atoms with Crippen LogP contribution in [-0.4, -0.2) is 21.6 Å². The van der Waals surface area contributed by atoms with Gasteiger partial charge in [0.2, 0.25) is 0 Å². The van der Waals surface area contributed by atoms with Crippen LogP contribution in [0.3, 0.4) is 0 Å². The van der Waals surface area contributed by atoms with Crippen LogP contribution in [0.4, 0.5) is 10.2 Å². The minimum Gasteiger partial charge on any atom is -0.494 e. The number of nitrogens with two attached hydrogens (primary N) is 1. The number of anilines is 1. The number of halogens is 1. The number of aryl methyl sites for hydroxylation is 1. The van der Waals surface area contributed by atoms with Gasteiger partial charge in [0, 0.05) is 13.0 Å². The van der Waals surface area contributed by atoms with E-state index in [9.17, 15) is 4.39 Å². The minimum absolute atomic E-state index is 0.264. The van der Waals surface area contributed by atoms with Crippen LogP contribution in [0.2, 0.25) is 0 Å². The summed E-state index contributed by atoms with van der Waals surface area (Å²) in [5.74, 6) is 0.907. The fourth-order valence-electron chi connectivity index (χ4n) is 1.95. The second kappa shape index (κ2) is 6.88. The normalized spacial score (nSPS) is 10.7. The van der Waals surface area contributed by atoms with Crippen molar-refractivity contribution in [2.75, 3.05) is 12.3 Å². The lowest BCUT2D eigenvalue weighted by Gasteiger charge is -2.08. The maximum atomic E-state index is 12.7. The first-order valence-electron chi connectivity index (χ1n) is 6.77. The van der Waals surface area contributed by atoms with Crippen LogP contribution in [0.15, 0.2) is 24.3 Å². The zero-order chi connectivity index (χ0) is 14.4. The van der Waals surface area contributed by atoms with Gasteiger partial charge in [-0.1, -0.05) is 18.6 Å². The lowest BCUT2D eigenvalue weighted by atomic mass is 10.2. The van der Waals surface area contributed by atoms with Gasteiger partial charge in [0.05, 0.1) is 12.3 Å². The second-order valence-corrected chi connectivity index (χ2v) is 4.55. The van der Waals surface area contributed by atoms with Gasteiger partial charge in [0.25, 0.3) is 0 Å². The molecule has 1 heterocycles. The molecular formula is C14H19FN4O. The fourth-order valence-corrected chi connectivity index (χ4v) is 1.95. The number of rotatable bonds is 7. The highest BCUT2D eigenvalue weighted by Crippen LogP contribution is 2.13. The van der Waals surface area contributed by atoms with Crippen LogP contribution in [0, 0.1) is 5.82 Å². The number of hydrogen-bond donors (Lipinski definition) is 1. The molecule has 1 aromatic carbocycles. The molecule has 6 heteroatoms. The molecule has 0 saturated heterocycles. The summed E-state index contributed by atoms with van der Waals surface area (Å²) in [5.41, 5.74) is 6.76. The van der Waals surface area contributed by atoms with E-state index in [0.717, 1.165) is 25.0 Å². The molecule has 0 amide bonds. The van der Waals surface area contributed by atoms with Crippen LogP contribution < -0.4 is 10.5 Å². The Morgan fingerprint density at radius 1 is 1.30 bits per heavy atom. The molecule has 0 aliphatic carbocycles. The van der Waals surface area contributed by atoms with Gasteiger partial charge < -0.3 is 10.5 Å². The van der Waals surface area contributed by atoms with Crippen molar-refractivity contribution in [3.05, 3.63) is 35.8 Å². The van der Waals surface area contributed by atoms with Crippen molar-refractivity contribution >= 4 is 5.82 Å². The molecule has 0 atom stereocenters. The van der Waals surface area contributed by atoms with Crippen LogP contribution in [0.1, 0.15) is 25.5 Å². The Morgan fingerprint density at radius 2 is 2.05 bits per heavy atom. The molecule has 20 heavy (non-hydrogen) atoms. The molecule has 0 radical (unpaired) electrons. The number of benzene rings is 1. The maximum Gasteiger partial charge on any atom is 0.169 e. The number of hydrogen-bond acceptors (Lipinski definition) is 4. The molecule has 2 N–H and O–H groups in total. The molecule has 0 bridgehead atoms. The summed E-state index contributed by atoms with van der Waals surface area (Å²) in [6.07, 6.45) is 2.66. The van der Waals surface area contributed by atoms with Crippen molar-refractivity contribution in [2.45, 2.75) is 32.7 Å². The Kier molecular flexibility index (Phi) is 4.92. The van der Waals surface area contributed by atoms with Gasteiger partial charge in [-0.3, -0.25) is 0 Å². The van der Waals surface area contributed by atoms with E-state index >= 15 is 0 Å². The van der Waals surface area contributed by atoms with Crippen molar-refractivity contribution in [1.82, 2.24) is 15.0 Å². The number of ether oxygens (including phenoxy) is 1. The largest absolute Gasteiger partial charge is 0.494 e. The maximum absolute atomic E-state index is 12.7. The number of aromatic nitrogens is 3. The third-order valence-electron chi connectivity index (χ3n) is 2.95. The summed E-state index contributed by atoms with van der Waals surface area (Å²) in [6, 6.07) is 6.00. The highest BCUT2D eigenvalue weighted by molar-refractivity contribution is 5.32. The first kappa shape index (κ1) is 14.3. The van der Waals surface area contributed by atoms with Gasteiger partial charge >= 0.3 is 0 Å². The van der Waals surface area contributed by atoms with Crippen molar-refractivity contribution < 1.29 is 9.13 Å². The standard InChI is InChI=1S/C14H19FN4O/c1-2-4-13-14(16)17-18-19(13)9-3-10-20-12-7-5-11(15)6-8-12/h5-8H,2-4,9-10,16H2,1H3. The van der Waals surface area contributed by atoms with Crippen molar-refractivity contribution in [2.24, 2.45) is 0 Å². The Balaban J connectivity index is 1.80. The van der Waals surface area contributed by atoms with Crippen LogP contribution in [0.5, 0.6) is 5.75 Å². The Hall–Kier alpha value is -2.11. The number of nitrogen functional groups attached to an aromatic ring is 1. The second-order valence-electron chi connectivity index (χ2n) is 4.55. The number of nitrogens with zero attached hydrogens (tertiary/aromatic N) is 3. The van der Waals surface area contributed by atoms with Crippen molar-refractivity contribution in [3.63, 3.8) is 0 Å². The molecule has 0 aliphatic rings. The molecule has 2 aromatic rings. The summed E-state index contributed by atoms with van der Waals surface area (Å²) >= 11 is 0. The highest BCUT2D eigenvalue weighted by Gasteiger charge is 2.08. The quantitative estimate of drug-likeness (QED) is 0.790. The average molecular weight is 278 g/mol. The molecule has 2 rings (SSSR count). The summed E-state index contributed by atoms with van der Waals surface area (Å²) < 4.78 is 20.1. The zero-order valence-corrected chi connectivity index (χ0v) is 11.6. The van der Waals surface area contributed by atoms with E-state index in [0.29, 0.717) is 24.7 Å². The smallest absolute Gasteiger partial charge is 0.169 e. The first-order valence-corrected chi connectivity index (χ1v) is 6.77. The van der Waals surface area contributed by atoms with E-state index < -0.39 is 0 Å². The van der Waals surface area contributed by atoms with E-state index in [1.54, 1.807) is 12.1 Å². The molecule has 108 valence electrons. The monoisotopic (exact) mass is 278 g/mol. The molecule has 0 spiro atoms. The predicted molar refractivity (Wildman–Crippen MR) is 74.9 cm³/mol. The van der Waals surface area contributed by atoms with Crippen LogP contribution in [0.25, 0.3) is 0 Å². The van der Waals surface area contributed by atoms with Gasteiger partial charge in [-0.05, 0) is 30.7 Å². The predicted octanol–water partition coefficient (Wildman–Crippen LogP) is 2.42. The topological polar surface area (TPSA) is 66.0 Å². The summed E-state index contributed by atoms with van der Waals surface area (Å²) in [6.45, 7) is 3.34.